The number of nitrogens with one attached hydrogen (secondary N) is 1. The van der Waals surface area contributed by atoms with E-state index in [2.05, 4.69) is 11.4 Å². The van der Waals surface area contributed by atoms with Crippen molar-refractivity contribution in [1.82, 2.24) is 10.2 Å². The standard InChI is InChI=1S/C21H26N2O4/c1-14-6-7-15(2)20(16(14)3)27-13-19(24)22-17-8-10-23(11-9-17)21(25)18-5-4-12-26-18/h4-7,12,17H,8-11,13H2,1-3H3,(H,22,24). The first-order valence-electron chi connectivity index (χ1n) is 9.27. The molecule has 0 atom stereocenters. The number of ether oxygens (including phenoxy) is 1. The second-order valence-corrected chi connectivity index (χ2v) is 7.05. The van der Waals surface area contributed by atoms with E-state index in [1.54, 1.807) is 17.0 Å². The highest BCUT2D eigenvalue weighted by Crippen LogP contribution is 2.25. The quantitative estimate of drug-likeness (QED) is 0.878. The van der Waals surface area contributed by atoms with Crippen molar-refractivity contribution < 1.29 is 18.7 Å². The summed E-state index contributed by atoms with van der Waals surface area (Å²) in [5.74, 6) is 0.906. The summed E-state index contributed by atoms with van der Waals surface area (Å²) in [5, 5.41) is 3.01. The number of amides is 2. The number of hydrogen-bond acceptors (Lipinski definition) is 4. The Balaban J connectivity index is 1.46. The summed E-state index contributed by atoms with van der Waals surface area (Å²) in [4.78, 5) is 26.3. The van der Waals surface area contributed by atoms with Gasteiger partial charge >= 0.3 is 0 Å². The third kappa shape index (κ3) is 4.51. The fraction of sp³-hybridized carbons (Fsp3) is 0.429. The largest absolute Gasteiger partial charge is 0.483 e. The fourth-order valence-electron chi connectivity index (χ4n) is 3.34. The van der Waals surface area contributed by atoms with Crippen LogP contribution < -0.4 is 10.1 Å². The minimum atomic E-state index is -0.133. The lowest BCUT2D eigenvalue weighted by Gasteiger charge is -2.31. The summed E-state index contributed by atoms with van der Waals surface area (Å²) in [5.41, 5.74) is 3.23. The zero-order chi connectivity index (χ0) is 19.4. The fourth-order valence-corrected chi connectivity index (χ4v) is 3.34. The van der Waals surface area contributed by atoms with E-state index in [1.807, 2.05) is 26.8 Å². The Morgan fingerprint density at radius 1 is 1.15 bits per heavy atom. The minimum absolute atomic E-state index is 0.00330. The first-order valence-corrected chi connectivity index (χ1v) is 9.27. The molecular formula is C21H26N2O4. The van der Waals surface area contributed by atoms with Gasteiger partial charge in [-0.25, -0.2) is 0 Å². The second-order valence-electron chi connectivity index (χ2n) is 7.05. The van der Waals surface area contributed by atoms with Gasteiger partial charge in [0.25, 0.3) is 11.8 Å². The second kappa shape index (κ2) is 8.29. The molecule has 2 aromatic rings. The van der Waals surface area contributed by atoms with Gasteiger partial charge in [0.2, 0.25) is 0 Å². The maximum atomic E-state index is 12.3. The smallest absolute Gasteiger partial charge is 0.289 e. The molecule has 2 amide bonds. The van der Waals surface area contributed by atoms with Crippen molar-refractivity contribution in [3.8, 4) is 5.75 Å². The van der Waals surface area contributed by atoms with Gasteiger partial charge in [-0.3, -0.25) is 9.59 Å². The van der Waals surface area contributed by atoms with Crippen LogP contribution in [0, 0.1) is 20.8 Å². The van der Waals surface area contributed by atoms with E-state index in [0.29, 0.717) is 18.8 Å². The molecule has 0 bridgehead atoms. The zero-order valence-electron chi connectivity index (χ0n) is 16.1. The van der Waals surface area contributed by atoms with Crippen molar-refractivity contribution in [3.63, 3.8) is 0 Å². The zero-order valence-corrected chi connectivity index (χ0v) is 16.1. The Hall–Kier alpha value is -2.76. The molecule has 1 aromatic carbocycles. The molecule has 27 heavy (non-hydrogen) atoms. The van der Waals surface area contributed by atoms with Gasteiger partial charge in [-0.1, -0.05) is 12.1 Å². The normalized spacial score (nSPS) is 14.9. The van der Waals surface area contributed by atoms with E-state index in [-0.39, 0.29) is 24.5 Å². The van der Waals surface area contributed by atoms with Gasteiger partial charge in [-0.05, 0) is 62.4 Å². The highest BCUT2D eigenvalue weighted by Gasteiger charge is 2.25. The number of rotatable bonds is 5. The molecule has 1 aliphatic rings. The summed E-state index contributed by atoms with van der Waals surface area (Å²) in [6.45, 7) is 7.20. The van der Waals surface area contributed by atoms with E-state index in [4.69, 9.17) is 9.15 Å². The first kappa shape index (κ1) is 19.0. The number of aryl methyl sites for hydroxylation is 2. The molecule has 0 radical (unpaired) electrons. The van der Waals surface area contributed by atoms with Gasteiger partial charge in [-0.15, -0.1) is 0 Å². The molecule has 2 heterocycles. The number of nitrogens with zero attached hydrogens (tertiary/aromatic N) is 1. The monoisotopic (exact) mass is 370 g/mol. The van der Waals surface area contributed by atoms with E-state index in [0.717, 1.165) is 35.3 Å². The Bertz CT molecular complexity index is 806. The number of benzene rings is 1. The number of hydrogen-bond donors (Lipinski definition) is 1. The average molecular weight is 370 g/mol. The lowest BCUT2D eigenvalue weighted by Crippen LogP contribution is -2.47. The van der Waals surface area contributed by atoms with Crippen molar-refractivity contribution in [1.29, 1.82) is 0 Å². The lowest BCUT2D eigenvalue weighted by atomic mass is 10.0. The molecule has 3 rings (SSSR count). The van der Waals surface area contributed by atoms with Crippen molar-refractivity contribution in [3.05, 3.63) is 53.0 Å². The van der Waals surface area contributed by atoms with Crippen LogP contribution in [0.2, 0.25) is 0 Å². The van der Waals surface area contributed by atoms with Crippen LogP contribution in [0.4, 0.5) is 0 Å². The number of likely N-dealkylation sites (tertiary alicyclic amines) is 1. The summed E-state index contributed by atoms with van der Waals surface area (Å²) in [7, 11) is 0. The molecule has 0 aliphatic carbocycles. The van der Waals surface area contributed by atoms with Crippen LogP contribution in [0.1, 0.15) is 40.1 Å². The van der Waals surface area contributed by atoms with Crippen LogP contribution in [0.15, 0.2) is 34.9 Å². The van der Waals surface area contributed by atoms with Crippen LogP contribution in [0.5, 0.6) is 5.75 Å². The predicted octanol–water partition coefficient (Wildman–Crippen LogP) is 3.00. The van der Waals surface area contributed by atoms with Crippen LogP contribution in [0.25, 0.3) is 0 Å². The Morgan fingerprint density at radius 3 is 2.52 bits per heavy atom. The topological polar surface area (TPSA) is 71.8 Å². The third-order valence-corrected chi connectivity index (χ3v) is 5.10. The van der Waals surface area contributed by atoms with Crippen LogP contribution in [-0.4, -0.2) is 42.5 Å². The molecule has 6 heteroatoms. The van der Waals surface area contributed by atoms with Crippen molar-refractivity contribution in [2.24, 2.45) is 0 Å². The van der Waals surface area contributed by atoms with Crippen LogP contribution in [0.3, 0.4) is 0 Å². The van der Waals surface area contributed by atoms with Gasteiger partial charge in [0.1, 0.15) is 5.75 Å². The van der Waals surface area contributed by atoms with E-state index < -0.39 is 0 Å². The number of furan rings is 1. The average Bonchev–Trinajstić information content (AvgIpc) is 3.20. The van der Waals surface area contributed by atoms with E-state index >= 15 is 0 Å². The predicted molar refractivity (Wildman–Crippen MR) is 102 cm³/mol. The SMILES string of the molecule is Cc1ccc(C)c(OCC(=O)NC2CCN(C(=O)c3ccco3)CC2)c1C. The molecule has 1 aliphatic heterocycles. The van der Waals surface area contributed by atoms with Crippen molar-refractivity contribution in [2.75, 3.05) is 19.7 Å². The molecule has 6 nitrogen and oxygen atoms in total. The lowest BCUT2D eigenvalue weighted by molar-refractivity contribution is -0.124. The van der Waals surface area contributed by atoms with Crippen LogP contribution in [-0.2, 0) is 4.79 Å². The van der Waals surface area contributed by atoms with Crippen molar-refractivity contribution >= 4 is 11.8 Å². The summed E-state index contributed by atoms with van der Waals surface area (Å²) in [6, 6.07) is 7.48. The minimum Gasteiger partial charge on any atom is -0.483 e. The third-order valence-electron chi connectivity index (χ3n) is 5.10. The molecule has 1 saturated heterocycles. The number of carbonyl (C=O) groups excluding carboxylic acids is 2. The maximum absolute atomic E-state index is 12.3. The molecule has 1 aromatic heterocycles. The highest BCUT2D eigenvalue weighted by atomic mass is 16.5. The molecule has 1 fully saturated rings. The van der Waals surface area contributed by atoms with Gasteiger partial charge in [0, 0.05) is 19.1 Å². The number of carbonyl (C=O) groups is 2. The summed E-state index contributed by atoms with van der Waals surface area (Å²) in [6.07, 6.45) is 2.94. The maximum Gasteiger partial charge on any atom is 0.289 e. The molecule has 0 unspecified atom stereocenters. The molecule has 144 valence electrons. The number of piperidine rings is 1. The summed E-state index contributed by atoms with van der Waals surface area (Å²) < 4.78 is 10.9. The van der Waals surface area contributed by atoms with E-state index in [1.165, 1.54) is 6.26 Å². The molecular weight excluding hydrogens is 344 g/mol. The van der Waals surface area contributed by atoms with Gasteiger partial charge < -0.3 is 19.4 Å². The van der Waals surface area contributed by atoms with Gasteiger partial charge in [0.15, 0.2) is 12.4 Å². The first-order chi connectivity index (χ1) is 13.0. The Morgan fingerprint density at radius 2 is 1.85 bits per heavy atom. The summed E-state index contributed by atoms with van der Waals surface area (Å²) >= 11 is 0. The Labute approximate surface area is 159 Å². The van der Waals surface area contributed by atoms with Crippen molar-refractivity contribution in [2.45, 2.75) is 39.7 Å². The van der Waals surface area contributed by atoms with Gasteiger partial charge in [-0.2, -0.15) is 0 Å². The highest BCUT2D eigenvalue weighted by molar-refractivity contribution is 5.91. The van der Waals surface area contributed by atoms with Gasteiger partial charge in [0.05, 0.1) is 6.26 Å². The molecule has 0 spiro atoms. The van der Waals surface area contributed by atoms with Crippen LogP contribution >= 0.6 is 0 Å². The molecule has 1 N–H and O–H groups in total. The molecule has 0 saturated carbocycles. The van der Waals surface area contributed by atoms with E-state index in [9.17, 15) is 9.59 Å². The Kier molecular flexibility index (Phi) is 5.84.